The number of nitrogens with zero attached hydrogens (tertiary/aromatic N) is 1. The van der Waals surface area contributed by atoms with Crippen molar-refractivity contribution >= 4 is 24.8 Å². The summed E-state index contributed by atoms with van der Waals surface area (Å²) in [5, 5.41) is 12.1. The lowest BCUT2D eigenvalue weighted by Gasteiger charge is -2.10. The highest BCUT2D eigenvalue weighted by Gasteiger charge is 1.96. The Kier molecular flexibility index (Phi) is 14.7. The van der Waals surface area contributed by atoms with Gasteiger partial charge in [0, 0.05) is 6.54 Å². The maximum Gasteiger partial charge on any atom is 0.119 e. The second-order valence-corrected chi connectivity index (χ2v) is 4.55. The number of halogens is 2. The molecule has 20 heavy (non-hydrogen) atoms. The monoisotopic (exact) mass is 324 g/mol. The summed E-state index contributed by atoms with van der Waals surface area (Å²) in [6.45, 7) is 3.42. The largest absolute Gasteiger partial charge is 0.491 e. The Hall–Kier alpha value is -0.520. The summed E-state index contributed by atoms with van der Waals surface area (Å²) in [5.74, 6) is 0.806. The van der Waals surface area contributed by atoms with Crippen molar-refractivity contribution in [3.63, 3.8) is 0 Å². The quantitative estimate of drug-likeness (QED) is 0.681. The maximum absolute atomic E-state index is 8.65. The zero-order valence-electron chi connectivity index (χ0n) is 12.2. The van der Waals surface area contributed by atoms with E-state index in [4.69, 9.17) is 9.84 Å². The molecule has 118 valence electrons. The van der Waals surface area contributed by atoms with Gasteiger partial charge in [0.1, 0.15) is 12.4 Å². The number of aliphatic hydroxyl groups excluding tert-OH is 1. The minimum absolute atomic E-state index is 0. The van der Waals surface area contributed by atoms with Crippen molar-refractivity contribution in [3.8, 4) is 5.75 Å². The summed E-state index contributed by atoms with van der Waals surface area (Å²) in [6.07, 6.45) is 1.16. The van der Waals surface area contributed by atoms with Gasteiger partial charge in [0.15, 0.2) is 0 Å². The van der Waals surface area contributed by atoms with Crippen LogP contribution in [0.1, 0.15) is 12.0 Å². The number of benzene rings is 1. The van der Waals surface area contributed by atoms with E-state index < -0.39 is 0 Å². The smallest absolute Gasteiger partial charge is 0.119 e. The van der Waals surface area contributed by atoms with Crippen LogP contribution in [0.15, 0.2) is 24.3 Å². The van der Waals surface area contributed by atoms with E-state index in [1.807, 2.05) is 24.3 Å². The van der Waals surface area contributed by atoms with E-state index in [1.54, 1.807) is 0 Å². The van der Waals surface area contributed by atoms with Crippen LogP contribution in [0.4, 0.5) is 0 Å². The number of hydrogen-bond acceptors (Lipinski definition) is 4. The Morgan fingerprint density at radius 1 is 1.15 bits per heavy atom. The van der Waals surface area contributed by atoms with Gasteiger partial charge in [0.2, 0.25) is 0 Å². The Bertz CT molecular complexity index is 321. The van der Waals surface area contributed by atoms with Crippen LogP contribution >= 0.6 is 24.8 Å². The van der Waals surface area contributed by atoms with E-state index in [1.165, 1.54) is 5.56 Å². The molecule has 0 aliphatic heterocycles. The average Bonchev–Trinajstić information content (AvgIpc) is 2.37. The molecule has 1 rings (SSSR count). The molecule has 0 radical (unpaired) electrons. The van der Waals surface area contributed by atoms with E-state index in [0.29, 0.717) is 6.61 Å². The van der Waals surface area contributed by atoms with Gasteiger partial charge >= 0.3 is 0 Å². The molecule has 0 aliphatic carbocycles. The summed E-state index contributed by atoms with van der Waals surface area (Å²) in [6, 6.07) is 7.97. The number of ether oxygens (including phenoxy) is 1. The number of rotatable bonds is 9. The Labute approximate surface area is 134 Å². The van der Waals surface area contributed by atoms with E-state index in [2.05, 4.69) is 24.3 Å². The molecule has 1 aromatic rings. The summed E-state index contributed by atoms with van der Waals surface area (Å²) in [7, 11) is 4.18. The highest BCUT2D eigenvalue weighted by Crippen LogP contribution is 2.11. The SMILES string of the molecule is CN(C)CCCNCc1ccc(OCCO)cc1.Cl.Cl. The van der Waals surface area contributed by atoms with Gasteiger partial charge in [-0.15, -0.1) is 24.8 Å². The topological polar surface area (TPSA) is 44.7 Å². The molecule has 0 heterocycles. The van der Waals surface area contributed by atoms with Crippen molar-refractivity contribution in [2.75, 3.05) is 40.4 Å². The van der Waals surface area contributed by atoms with Gasteiger partial charge < -0.3 is 20.1 Å². The van der Waals surface area contributed by atoms with Gasteiger partial charge in [-0.2, -0.15) is 0 Å². The fourth-order valence-corrected chi connectivity index (χ4v) is 1.62. The first-order chi connectivity index (χ1) is 8.72. The molecule has 0 aliphatic rings. The number of aliphatic hydroxyl groups is 1. The normalized spacial score (nSPS) is 9.80. The van der Waals surface area contributed by atoms with E-state index >= 15 is 0 Å². The van der Waals surface area contributed by atoms with Crippen molar-refractivity contribution in [2.45, 2.75) is 13.0 Å². The molecule has 0 aromatic heterocycles. The molecule has 0 saturated carbocycles. The van der Waals surface area contributed by atoms with E-state index in [-0.39, 0.29) is 31.4 Å². The first-order valence-electron chi connectivity index (χ1n) is 6.40. The lowest BCUT2D eigenvalue weighted by atomic mass is 10.2. The minimum atomic E-state index is 0. The average molecular weight is 325 g/mol. The minimum Gasteiger partial charge on any atom is -0.491 e. The fraction of sp³-hybridized carbons (Fsp3) is 0.571. The zero-order valence-corrected chi connectivity index (χ0v) is 13.8. The molecule has 0 spiro atoms. The fourth-order valence-electron chi connectivity index (χ4n) is 1.62. The van der Waals surface area contributed by atoms with E-state index in [9.17, 15) is 0 Å². The van der Waals surface area contributed by atoms with Crippen LogP contribution in [-0.2, 0) is 6.54 Å². The van der Waals surface area contributed by atoms with Gasteiger partial charge in [-0.3, -0.25) is 0 Å². The second-order valence-electron chi connectivity index (χ2n) is 4.55. The van der Waals surface area contributed by atoms with E-state index in [0.717, 1.165) is 31.8 Å². The third-order valence-electron chi connectivity index (χ3n) is 2.57. The molecule has 0 saturated heterocycles. The maximum atomic E-state index is 8.65. The van der Waals surface area contributed by atoms with Crippen LogP contribution in [0.3, 0.4) is 0 Å². The lowest BCUT2D eigenvalue weighted by molar-refractivity contribution is 0.201. The summed E-state index contributed by atoms with van der Waals surface area (Å²) in [5.41, 5.74) is 1.25. The highest BCUT2D eigenvalue weighted by atomic mass is 35.5. The molecule has 4 nitrogen and oxygen atoms in total. The lowest BCUT2D eigenvalue weighted by Crippen LogP contribution is -2.20. The first-order valence-corrected chi connectivity index (χ1v) is 6.40. The summed E-state index contributed by atoms with van der Waals surface area (Å²) < 4.78 is 5.30. The third kappa shape index (κ3) is 10.3. The van der Waals surface area contributed by atoms with Crippen LogP contribution in [0.25, 0.3) is 0 Å². The molecule has 0 fully saturated rings. The highest BCUT2D eigenvalue weighted by molar-refractivity contribution is 5.85. The molecule has 0 atom stereocenters. The standard InChI is InChI=1S/C14H24N2O2.2ClH/c1-16(2)9-3-8-15-12-13-4-6-14(7-5-13)18-11-10-17;;/h4-7,15,17H,3,8-12H2,1-2H3;2*1H. The Morgan fingerprint density at radius 2 is 1.80 bits per heavy atom. The van der Waals surface area contributed by atoms with Crippen molar-refractivity contribution in [1.82, 2.24) is 10.2 Å². The summed E-state index contributed by atoms with van der Waals surface area (Å²) >= 11 is 0. The van der Waals surface area contributed by atoms with Gasteiger partial charge in [0.25, 0.3) is 0 Å². The predicted octanol–water partition coefficient (Wildman–Crippen LogP) is 1.94. The van der Waals surface area contributed by atoms with Crippen molar-refractivity contribution in [1.29, 1.82) is 0 Å². The van der Waals surface area contributed by atoms with Crippen molar-refractivity contribution in [2.24, 2.45) is 0 Å². The number of hydrogen-bond donors (Lipinski definition) is 2. The first kappa shape index (κ1) is 21.8. The molecule has 1 aromatic carbocycles. The van der Waals surface area contributed by atoms with Crippen LogP contribution in [0, 0.1) is 0 Å². The van der Waals surface area contributed by atoms with Crippen LogP contribution < -0.4 is 10.1 Å². The molecular formula is C14H26Cl2N2O2. The van der Waals surface area contributed by atoms with Crippen LogP contribution in [-0.4, -0.2) is 50.4 Å². The van der Waals surface area contributed by atoms with Gasteiger partial charge in [0.05, 0.1) is 6.61 Å². The predicted molar refractivity (Wildman–Crippen MR) is 88.4 cm³/mol. The van der Waals surface area contributed by atoms with Gasteiger partial charge in [-0.05, 0) is 51.3 Å². The molecule has 0 unspecified atom stereocenters. The Balaban J connectivity index is 0. The molecule has 6 heteroatoms. The number of nitrogens with one attached hydrogen (secondary N) is 1. The van der Waals surface area contributed by atoms with Gasteiger partial charge in [-0.1, -0.05) is 12.1 Å². The molecule has 2 N–H and O–H groups in total. The van der Waals surface area contributed by atoms with Crippen LogP contribution in [0.5, 0.6) is 5.75 Å². The van der Waals surface area contributed by atoms with Crippen molar-refractivity contribution < 1.29 is 9.84 Å². The third-order valence-corrected chi connectivity index (χ3v) is 2.57. The molecular weight excluding hydrogens is 299 g/mol. The Morgan fingerprint density at radius 3 is 2.35 bits per heavy atom. The molecule has 0 bridgehead atoms. The van der Waals surface area contributed by atoms with Crippen LogP contribution in [0.2, 0.25) is 0 Å². The summed E-state index contributed by atoms with van der Waals surface area (Å²) in [4.78, 5) is 2.19. The zero-order chi connectivity index (χ0) is 13.2. The van der Waals surface area contributed by atoms with Gasteiger partial charge in [-0.25, -0.2) is 0 Å². The van der Waals surface area contributed by atoms with Crippen molar-refractivity contribution in [3.05, 3.63) is 29.8 Å². The second kappa shape index (κ2) is 13.5. The molecule has 0 amide bonds.